The molecule has 7 aromatic rings. The molecule has 9 rings (SSSR count). The lowest BCUT2D eigenvalue weighted by molar-refractivity contribution is 0.475. The molecule has 5 heterocycles. The third-order valence-corrected chi connectivity index (χ3v) is 10.4. The molecule has 52 heavy (non-hydrogen) atoms. The van der Waals surface area contributed by atoms with Gasteiger partial charge < -0.3 is 25.3 Å². The molecule has 0 saturated heterocycles. The summed E-state index contributed by atoms with van der Waals surface area (Å²) >= 11 is 2.38. The first-order chi connectivity index (χ1) is 25.4. The van der Waals surface area contributed by atoms with Crippen LogP contribution in [0.25, 0.3) is 90.9 Å². The Morgan fingerprint density at radius 1 is 0.462 bits per heavy atom. The van der Waals surface area contributed by atoms with Crippen LogP contribution in [0.4, 0.5) is 0 Å². The maximum absolute atomic E-state index is 10.1. The van der Waals surface area contributed by atoms with Crippen LogP contribution in [0.3, 0.4) is 0 Å². The monoisotopic (exact) mass is 788 g/mol. The number of phenolic OH excluding ortho intramolecular Hbond substituents is 3. The fourth-order valence-corrected chi connectivity index (χ4v) is 7.53. The summed E-state index contributed by atoms with van der Waals surface area (Å²) in [5.74, 6) is 0.605. The molecule has 0 aliphatic carbocycles. The van der Waals surface area contributed by atoms with Crippen molar-refractivity contribution in [1.82, 2.24) is 19.9 Å². The molecule has 0 saturated carbocycles. The normalized spacial score (nSPS) is 12.0. The van der Waals surface area contributed by atoms with Gasteiger partial charge in [-0.1, -0.05) is 54.6 Å². The first kappa shape index (κ1) is 31.6. The van der Waals surface area contributed by atoms with Crippen molar-refractivity contribution in [2.24, 2.45) is 0 Å². The highest BCUT2D eigenvalue weighted by atomic mass is 127. The van der Waals surface area contributed by atoms with Crippen molar-refractivity contribution in [2.45, 2.75) is 0 Å². The molecule has 0 radical (unpaired) electrons. The summed E-state index contributed by atoms with van der Waals surface area (Å²) in [5, 5.41) is 30.1. The molecular weight excluding hydrogens is 759 g/mol. The molecule has 250 valence electrons. The van der Waals surface area contributed by atoms with Crippen molar-refractivity contribution in [3.05, 3.63) is 148 Å². The van der Waals surface area contributed by atoms with E-state index in [-0.39, 0.29) is 17.2 Å². The first-order valence-corrected chi connectivity index (χ1v) is 17.8. The van der Waals surface area contributed by atoms with E-state index in [0.717, 1.165) is 92.9 Å². The van der Waals surface area contributed by atoms with Crippen molar-refractivity contribution in [3.8, 4) is 61.8 Å². The zero-order valence-electron chi connectivity index (χ0n) is 27.5. The Morgan fingerprint density at radius 3 is 1.63 bits per heavy atom. The number of halogens is 1. The quantitative estimate of drug-likeness (QED) is 0.114. The fourth-order valence-electron chi connectivity index (χ4n) is 6.81. The Labute approximate surface area is 312 Å². The highest BCUT2D eigenvalue weighted by molar-refractivity contribution is 14.1. The van der Waals surface area contributed by atoms with Gasteiger partial charge in [-0.15, -0.1) is 0 Å². The summed E-state index contributed by atoms with van der Waals surface area (Å²) in [7, 11) is 0. The Morgan fingerprint density at radius 2 is 1.00 bits per heavy atom. The van der Waals surface area contributed by atoms with Gasteiger partial charge >= 0.3 is 0 Å². The van der Waals surface area contributed by atoms with E-state index in [0.29, 0.717) is 0 Å². The predicted molar refractivity (Wildman–Crippen MR) is 218 cm³/mol. The molecule has 0 unspecified atom stereocenters. The van der Waals surface area contributed by atoms with E-state index in [9.17, 15) is 15.3 Å². The number of nitrogens with zero attached hydrogens (tertiary/aromatic N) is 2. The van der Waals surface area contributed by atoms with Crippen LogP contribution in [-0.4, -0.2) is 35.3 Å². The number of nitrogens with one attached hydrogen (secondary N) is 2. The number of H-pyrrole nitrogens is 2. The van der Waals surface area contributed by atoms with Gasteiger partial charge in [0.1, 0.15) is 17.2 Å². The lowest BCUT2D eigenvalue weighted by Gasteiger charge is -2.06. The van der Waals surface area contributed by atoms with E-state index >= 15 is 0 Å². The van der Waals surface area contributed by atoms with E-state index in [1.165, 1.54) is 0 Å². The Balaban J connectivity index is 1.37. The number of aromatic amines is 2. The van der Waals surface area contributed by atoms with Crippen LogP contribution in [0.1, 0.15) is 22.8 Å². The second kappa shape index (κ2) is 12.7. The number of aromatic hydroxyl groups is 3. The molecule has 8 heteroatoms. The molecule has 2 aliphatic rings. The van der Waals surface area contributed by atoms with E-state index in [1.54, 1.807) is 36.4 Å². The average molecular weight is 789 g/mol. The molecule has 0 spiro atoms. The molecule has 3 aromatic heterocycles. The van der Waals surface area contributed by atoms with Gasteiger partial charge in [-0.2, -0.15) is 0 Å². The Bertz CT molecular complexity index is 2760. The zero-order chi connectivity index (χ0) is 35.3. The topological polar surface area (TPSA) is 118 Å². The largest absolute Gasteiger partial charge is 0.508 e. The highest BCUT2D eigenvalue weighted by Crippen LogP contribution is 2.37. The maximum atomic E-state index is 10.1. The minimum absolute atomic E-state index is 0.186. The van der Waals surface area contributed by atoms with Crippen LogP contribution >= 0.6 is 22.6 Å². The predicted octanol–water partition coefficient (Wildman–Crippen LogP) is 11.0. The zero-order valence-corrected chi connectivity index (χ0v) is 29.6. The molecule has 4 aromatic carbocycles. The van der Waals surface area contributed by atoms with Gasteiger partial charge in [0, 0.05) is 33.2 Å². The number of hydrogen-bond acceptors (Lipinski definition) is 5. The van der Waals surface area contributed by atoms with Crippen molar-refractivity contribution in [3.63, 3.8) is 0 Å². The molecular formula is C44H29IN4O3. The average Bonchev–Trinajstić information content (AvgIpc) is 3.99. The summed E-state index contributed by atoms with van der Waals surface area (Å²) in [4.78, 5) is 17.7. The second-order valence-corrected chi connectivity index (χ2v) is 13.8. The van der Waals surface area contributed by atoms with Crippen molar-refractivity contribution in [1.29, 1.82) is 0 Å². The molecule has 0 fully saturated rings. The summed E-state index contributed by atoms with van der Waals surface area (Å²) in [6.45, 7) is 0. The van der Waals surface area contributed by atoms with E-state index in [4.69, 9.17) is 9.97 Å². The van der Waals surface area contributed by atoms with Gasteiger partial charge in [-0.25, -0.2) is 9.97 Å². The Kier molecular flexibility index (Phi) is 7.74. The van der Waals surface area contributed by atoms with Crippen LogP contribution in [0.5, 0.6) is 17.2 Å². The Hall–Kier alpha value is -6.39. The lowest BCUT2D eigenvalue weighted by Crippen LogP contribution is -1.88. The SMILES string of the molecule is Oc1ccc(-c2cccc(-c3cc4cc5nc(c(-c6ccc(O)cc6)c6ccc([nH]6)c(-c6ccc(O)cc6)c6nc(c(I)c3[nH]4)C=C6)C=C5)c2)cc1. The minimum Gasteiger partial charge on any atom is -0.508 e. The van der Waals surface area contributed by atoms with Crippen LogP contribution in [0.2, 0.25) is 0 Å². The number of phenols is 3. The lowest BCUT2D eigenvalue weighted by atomic mass is 9.99. The van der Waals surface area contributed by atoms with Crippen LogP contribution < -0.4 is 0 Å². The highest BCUT2D eigenvalue weighted by Gasteiger charge is 2.17. The maximum Gasteiger partial charge on any atom is 0.115 e. The van der Waals surface area contributed by atoms with Crippen molar-refractivity contribution >= 4 is 69.0 Å². The minimum atomic E-state index is 0.186. The fraction of sp³-hybridized carbons (Fsp3) is 0. The summed E-state index contributed by atoms with van der Waals surface area (Å²) in [5.41, 5.74) is 14.4. The first-order valence-electron chi connectivity index (χ1n) is 16.7. The van der Waals surface area contributed by atoms with E-state index in [2.05, 4.69) is 56.8 Å². The number of rotatable bonds is 4. The van der Waals surface area contributed by atoms with Gasteiger partial charge in [0.05, 0.1) is 31.9 Å². The second-order valence-electron chi connectivity index (χ2n) is 12.7. The number of aromatic nitrogens is 4. The number of fused-ring (bicyclic) bond motifs is 8. The van der Waals surface area contributed by atoms with Crippen LogP contribution in [-0.2, 0) is 0 Å². The van der Waals surface area contributed by atoms with Gasteiger partial charge in [0.25, 0.3) is 0 Å². The molecule has 5 N–H and O–H groups in total. The van der Waals surface area contributed by atoms with Gasteiger partial charge in [-0.05, 0) is 141 Å². The standard InChI is InChI=1S/C44H29IN4O3/c45-43-40-21-20-39(49-40)42(27-8-15-34(52)16-9-27)38-19-18-37(48-38)41(26-6-13-33(51)14-7-26)36-17-10-30(46-36)23-31-24-35(44(43)47-31)29-3-1-2-28(22-29)25-4-11-32(50)12-5-25/h1-24,47-48,50-52H. The third kappa shape index (κ3) is 5.82. The van der Waals surface area contributed by atoms with Crippen LogP contribution in [0.15, 0.2) is 121 Å². The van der Waals surface area contributed by atoms with Gasteiger partial charge in [0.2, 0.25) is 0 Å². The molecule has 8 bridgehead atoms. The summed E-state index contributed by atoms with van der Waals surface area (Å²) < 4.78 is 0.956. The number of benzene rings is 4. The van der Waals surface area contributed by atoms with Gasteiger partial charge in [-0.3, -0.25) is 0 Å². The van der Waals surface area contributed by atoms with E-state index < -0.39 is 0 Å². The molecule has 0 amide bonds. The number of hydrogen-bond donors (Lipinski definition) is 5. The van der Waals surface area contributed by atoms with E-state index in [1.807, 2.05) is 85.0 Å². The van der Waals surface area contributed by atoms with Crippen LogP contribution in [0, 0.1) is 3.57 Å². The summed E-state index contributed by atoms with van der Waals surface area (Å²) in [6, 6.07) is 38.2. The molecule has 0 atom stereocenters. The van der Waals surface area contributed by atoms with Crippen molar-refractivity contribution < 1.29 is 15.3 Å². The molecule has 2 aliphatic heterocycles. The smallest absolute Gasteiger partial charge is 0.115 e. The van der Waals surface area contributed by atoms with Crippen molar-refractivity contribution in [2.75, 3.05) is 0 Å². The summed E-state index contributed by atoms with van der Waals surface area (Å²) in [6.07, 6.45) is 8.10. The van der Waals surface area contributed by atoms with Gasteiger partial charge in [0.15, 0.2) is 0 Å². The third-order valence-electron chi connectivity index (χ3n) is 9.31. The molecule has 7 nitrogen and oxygen atoms in total.